The van der Waals surface area contributed by atoms with Crippen LogP contribution < -0.4 is 15.4 Å². The molecule has 5 nitrogen and oxygen atoms in total. The van der Waals surface area contributed by atoms with E-state index in [1.807, 2.05) is 0 Å². The summed E-state index contributed by atoms with van der Waals surface area (Å²) in [5.41, 5.74) is 1.02. The van der Waals surface area contributed by atoms with Crippen LogP contribution in [0.3, 0.4) is 0 Å². The molecule has 2 amide bonds. The highest BCUT2D eigenvalue weighted by Crippen LogP contribution is 2.24. The van der Waals surface area contributed by atoms with Gasteiger partial charge in [-0.1, -0.05) is 12.1 Å². The molecule has 0 saturated heterocycles. The van der Waals surface area contributed by atoms with E-state index >= 15 is 0 Å². The first-order valence-electron chi connectivity index (χ1n) is 7.92. The Bertz CT molecular complexity index is 971. The smallest absolute Gasteiger partial charge is 0.406 e. The molecule has 0 bridgehead atoms. The van der Waals surface area contributed by atoms with E-state index in [9.17, 15) is 22.8 Å². The Morgan fingerprint density at radius 3 is 2.21 bits per heavy atom. The maximum absolute atomic E-state index is 12.4. The fourth-order valence-corrected chi connectivity index (χ4v) is 2.90. The maximum Gasteiger partial charge on any atom is 0.573 e. The van der Waals surface area contributed by atoms with Crippen molar-refractivity contribution in [3.63, 3.8) is 0 Å². The Morgan fingerprint density at radius 2 is 1.57 bits per heavy atom. The number of carbonyl (C=O) groups excluding carboxylic acids is 2. The minimum absolute atomic E-state index is 0.277. The zero-order valence-corrected chi connectivity index (χ0v) is 14.9. The van der Waals surface area contributed by atoms with E-state index in [4.69, 9.17) is 0 Å². The first-order chi connectivity index (χ1) is 13.3. The Labute approximate surface area is 161 Å². The van der Waals surface area contributed by atoms with Crippen molar-refractivity contribution in [2.45, 2.75) is 6.36 Å². The molecule has 2 N–H and O–H groups in total. The van der Waals surface area contributed by atoms with Crippen LogP contribution in [0.15, 0.2) is 66.0 Å². The van der Waals surface area contributed by atoms with Crippen LogP contribution in [0.4, 0.5) is 24.5 Å². The molecule has 0 radical (unpaired) electrons. The van der Waals surface area contributed by atoms with Crippen LogP contribution in [0.5, 0.6) is 5.75 Å². The SMILES string of the molecule is O=C(Nc1ccc(OC(F)(F)F)cc1)c1cccc(NC(=O)c2cccs2)c1. The van der Waals surface area contributed by atoms with Crippen LogP contribution >= 0.6 is 11.3 Å². The lowest BCUT2D eigenvalue weighted by atomic mass is 10.1. The summed E-state index contributed by atoms with van der Waals surface area (Å²) in [6.07, 6.45) is -4.78. The number of benzene rings is 2. The Kier molecular flexibility index (Phi) is 5.65. The van der Waals surface area contributed by atoms with Crippen molar-refractivity contribution in [1.29, 1.82) is 0 Å². The van der Waals surface area contributed by atoms with Crippen molar-refractivity contribution in [3.8, 4) is 5.75 Å². The number of anilines is 2. The Hall–Kier alpha value is -3.33. The van der Waals surface area contributed by atoms with Crippen LogP contribution in [-0.2, 0) is 0 Å². The minimum atomic E-state index is -4.78. The molecule has 144 valence electrons. The monoisotopic (exact) mass is 406 g/mol. The summed E-state index contributed by atoms with van der Waals surface area (Å²) in [6, 6.07) is 14.5. The average molecular weight is 406 g/mol. The average Bonchev–Trinajstić information content (AvgIpc) is 3.17. The third-order valence-corrected chi connectivity index (χ3v) is 4.34. The summed E-state index contributed by atoms with van der Waals surface area (Å²) >= 11 is 1.30. The number of alkyl halides is 3. The van der Waals surface area contributed by atoms with Gasteiger partial charge in [0.2, 0.25) is 0 Å². The molecule has 0 atom stereocenters. The van der Waals surface area contributed by atoms with Crippen LogP contribution in [0.2, 0.25) is 0 Å². The van der Waals surface area contributed by atoms with Gasteiger partial charge in [0, 0.05) is 16.9 Å². The van der Waals surface area contributed by atoms with Crippen LogP contribution in [0, 0.1) is 0 Å². The third kappa shape index (κ3) is 5.34. The van der Waals surface area contributed by atoms with E-state index in [1.54, 1.807) is 35.7 Å². The van der Waals surface area contributed by atoms with Gasteiger partial charge in [0.15, 0.2) is 0 Å². The largest absolute Gasteiger partial charge is 0.573 e. The summed E-state index contributed by atoms with van der Waals surface area (Å²) in [4.78, 5) is 25.0. The highest BCUT2D eigenvalue weighted by atomic mass is 32.1. The molecule has 2 aromatic carbocycles. The summed E-state index contributed by atoms with van der Waals surface area (Å²) in [7, 11) is 0. The van der Waals surface area contributed by atoms with Gasteiger partial charge in [0.05, 0.1) is 4.88 Å². The summed E-state index contributed by atoms with van der Waals surface area (Å²) in [5.74, 6) is -1.15. The van der Waals surface area contributed by atoms with E-state index < -0.39 is 12.3 Å². The molecule has 0 fully saturated rings. The molecule has 0 saturated carbocycles. The van der Waals surface area contributed by atoms with E-state index in [2.05, 4.69) is 15.4 Å². The van der Waals surface area contributed by atoms with Gasteiger partial charge in [-0.15, -0.1) is 24.5 Å². The molecule has 0 spiro atoms. The second kappa shape index (κ2) is 8.13. The normalized spacial score (nSPS) is 11.0. The van der Waals surface area contributed by atoms with Crippen molar-refractivity contribution in [1.82, 2.24) is 0 Å². The molecular formula is C19H13F3N2O3S. The lowest BCUT2D eigenvalue weighted by Gasteiger charge is -2.10. The van der Waals surface area contributed by atoms with Gasteiger partial charge in [0.25, 0.3) is 11.8 Å². The number of thiophene rings is 1. The Morgan fingerprint density at radius 1 is 0.857 bits per heavy atom. The van der Waals surface area contributed by atoms with Gasteiger partial charge in [0.1, 0.15) is 5.75 Å². The maximum atomic E-state index is 12.4. The number of halogens is 3. The lowest BCUT2D eigenvalue weighted by molar-refractivity contribution is -0.274. The standard InChI is InChI=1S/C19H13F3N2O3S/c20-19(21,22)27-15-8-6-13(7-9-15)23-17(25)12-3-1-4-14(11-12)24-18(26)16-5-2-10-28-16/h1-11H,(H,23,25)(H,24,26). The number of rotatable bonds is 5. The summed E-state index contributed by atoms with van der Waals surface area (Å²) in [5, 5.41) is 7.05. The van der Waals surface area contributed by atoms with Crippen molar-refractivity contribution in [3.05, 3.63) is 76.5 Å². The topological polar surface area (TPSA) is 67.4 Å². The minimum Gasteiger partial charge on any atom is -0.406 e. The number of carbonyl (C=O) groups is 2. The highest BCUT2D eigenvalue weighted by Gasteiger charge is 2.30. The highest BCUT2D eigenvalue weighted by molar-refractivity contribution is 7.12. The van der Waals surface area contributed by atoms with Gasteiger partial charge in [-0.3, -0.25) is 9.59 Å². The number of ether oxygens (including phenoxy) is 1. The number of amides is 2. The zero-order chi connectivity index (χ0) is 20.1. The molecule has 0 aliphatic heterocycles. The number of nitrogens with one attached hydrogen (secondary N) is 2. The van der Waals surface area contributed by atoms with Gasteiger partial charge in [-0.25, -0.2) is 0 Å². The quantitative estimate of drug-likeness (QED) is 0.616. The number of hydrogen-bond donors (Lipinski definition) is 2. The van der Waals surface area contributed by atoms with Crippen LogP contribution in [0.25, 0.3) is 0 Å². The first kappa shape index (κ1) is 19.4. The van der Waals surface area contributed by atoms with E-state index in [0.29, 0.717) is 16.3 Å². The fourth-order valence-electron chi connectivity index (χ4n) is 2.28. The van der Waals surface area contributed by atoms with E-state index in [-0.39, 0.29) is 17.2 Å². The van der Waals surface area contributed by atoms with Gasteiger partial charge >= 0.3 is 6.36 Å². The molecule has 0 aliphatic rings. The van der Waals surface area contributed by atoms with Crippen molar-refractivity contribution >= 4 is 34.5 Å². The predicted octanol–water partition coefficient (Wildman–Crippen LogP) is 5.15. The Balaban J connectivity index is 1.65. The molecule has 9 heteroatoms. The number of hydrogen-bond acceptors (Lipinski definition) is 4. The summed E-state index contributed by atoms with van der Waals surface area (Å²) < 4.78 is 40.3. The van der Waals surface area contributed by atoms with Crippen LogP contribution in [-0.4, -0.2) is 18.2 Å². The second-order valence-corrected chi connectivity index (χ2v) is 6.49. The fraction of sp³-hybridized carbons (Fsp3) is 0.0526. The molecule has 1 heterocycles. The molecule has 3 rings (SSSR count). The molecule has 3 aromatic rings. The van der Waals surface area contributed by atoms with Crippen molar-refractivity contribution in [2.75, 3.05) is 10.6 Å². The zero-order valence-electron chi connectivity index (χ0n) is 14.1. The molecule has 0 unspecified atom stereocenters. The van der Waals surface area contributed by atoms with Crippen molar-refractivity contribution < 1.29 is 27.5 Å². The molecule has 1 aromatic heterocycles. The summed E-state index contributed by atoms with van der Waals surface area (Å²) in [6.45, 7) is 0. The van der Waals surface area contributed by atoms with Crippen molar-refractivity contribution in [2.24, 2.45) is 0 Å². The molecule has 0 aliphatic carbocycles. The molecular weight excluding hydrogens is 393 g/mol. The van der Waals surface area contributed by atoms with Crippen LogP contribution in [0.1, 0.15) is 20.0 Å². The molecule has 28 heavy (non-hydrogen) atoms. The van der Waals surface area contributed by atoms with E-state index in [0.717, 1.165) is 12.1 Å². The first-order valence-corrected chi connectivity index (χ1v) is 8.80. The second-order valence-electron chi connectivity index (χ2n) is 5.54. The predicted molar refractivity (Wildman–Crippen MR) is 99.8 cm³/mol. The van der Waals surface area contributed by atoms with Gasteiger partial charge in [-0.2, -0.15) is 0 Å². The lowest BCUT2D eigenvalue weighted by Crippen LogP contribution is -2.17. The van der Waals surface area contributed by atoms with Gasteiger partial charge < -0.3 is 15.4 Å². The van der Waals surface area contributed by atoms with E-state index in [1.165, 1.54) is 29.5 Å². The third-order valence-electron chi connectivity index (χ3n) is 3.47. The van der Waals surface area contributed by atoms with Gasteiger partial charge in [-0.05, 0) is 53.9 Å².